The molecule has 0 radical (unpaired) electrons. The van der Waals surface area contributed by atoms with Crippen LogP contribution >= 0.6 is 0 Å². The van der Waals surface area contributed by atoms with Crippen molar-refractivity contribution in [2.75, 3.05) is 26.1 Å². The highest BCUT2D eigenvalue weighted by Crippen LogP contribution is 2.45. The fourth-order valence-electron chi connectivity index (χ4n) is 2.03. The van der Waals surface area contributed by atoms with Gasteiger partial charge < -0.3 is 24.5 Å². The summed E-state index contributed by atoms with van der Waals surface area (Å²) in [6.07, 6.45) is 0.828. The number of benzene rings is 1. The first kappa shape index (κ1) is 11.7. The van der Waals surface area contributed by atoms with Gasteiger partial charge in [0.05, 0.1) is 20.3 Å². The largest absolute Gasteiger partial charge is 0.496 e. The van der Waals surface area contributed by atoms with Crippen molar-refractivity contribution < 1.29 is 18.7 Å². The molecule has 0 bridgehead atoms. The van der Waals surface area contributed by atoms with Gasteiger partial charge in [-0.1, -0.05) is 5.16 Å². The number of nitrogens with zero attached hydrogens (tertiary/aromatic N) is 1. The first-order valence-electron chi connectivity index (χ1n) is 5.98. The van der Waals surface area contributed by atoms with E-state index >= 15 is 0 Å². The fraction of sp³-hybridized carbons (Fsp3) is 0.308. The van der Waals surface area contributed by atoms with Crippen molar-refractivity contribution >= 4 is 5.82 Å². The molecule has 3 rings (SSSR count). The molecule has 0 atom stereocenters. The van der Waals surface area contributed by atoms with E-state index in [9.17, 15) is 0 Å². The second kappa shape index (κ2) is 4.72. The molecule has 0 amide bonds. The summed E-state index contributed by atoms with van der Waals surface area (Å²) in [5.41, 5.74) is 6.27. The Balaban J connectivity index is 2.19. The lowest BCUT2D eigenvalue weighted by atomic mass is 10.1. The summed E-state index contributed by atoms with van der Waals surface area (Å²) in [6.45, 7) is 1.20. The van der Waals surface area contributed by atoms with Crippen LogP contribution < -0.4 is 19.9 Å². The van der Waals surface area contributed by atoms with Crippen LogP contribution in [0.15, 0.2) is 22.7 Å². The number of hydrogen-bond acceptors (Lipinski definition) is 6. The third-order valence-corrected chi connectivity index (χ3v) is 2.87. The molecule has 0 saturated carbocycles. The predicted octanol–water partition coefficient (Wildman–Crippen LogP) is 2.09. The van der Waals surface area contributed by atoms with Gasteiger partial charge in [0, 0.05) is 12.5 Å². The van der Waals surface area contributed by atoms with Gasteiger partial charge in [0.25, 0.3) is 0 Å². The molecule has 6 nitrogen and oxygen atoms in total. The molecule has 1 aliphatic rings. The van der Waals surface area contributed by atoms with Crippen molar-refractivity contribution in [2.24, 2.45) is 0 Å². The van der Waals surface area contributed by atoms with Crippen molar-refractivity contribution in [1.82, 2.24) is 5.16 Å². The maximum Gasteiger partial charge on any atom is 0.176 e. The Kier molecular flexibility index (Phi) is 2.91. The van der Waals surface area contributed by atoms with E-state index in [2.05, 4.69) is 5.16 Å². The lowest BCUT2D eigenvalue weighted by molar-refractivity contribution is 0.296. The van der Waals surface area contributed by atoms with Crippen molar-refractivity contribution in [1.29, 1.82) is 0 Å². The van der Waals surface area contributed by atoms with E-state index in [0.29, 0.717) is 47.6 Å². The number of methoxy groups -OCH3 is 1. The van der Waals surface area contributed by atoms with Crippen LogP contribution in [0, 0.1) is 0 Å². The molecule has 0 fully saturated rings. The number of ether oxygens (including phenoxy) is 3. The molecule has 1 aliphatic heterocycles. The maximum absolute atomic E-state index is 5.75. The van der Waals surface area contributed by atoms with Crippen LogP contribution in [0.4, 0.5) is 5.82 Å². The van der Waals surface area contributed by atoms with Crippen molar-refractivity contribution in [3.63, 3.8) is 0 Å². The molecule has 1 aromatic carbocycles. The number of nitrogen functional groups attached to an aromatic ring is 1. The molecular formula is C13H14N2O4. The number of nitrogens with two attached hydrogens (primary N) is 1. The SMILES string of the molecule is COc1ccc2c(c1-c1cc(N)no1)OCCCO2. The standard InChI is InChI=1S/C13H14N2O4/c1-16-8-3-4-9-13(18-6-2-5-17-9)12(8)10-7-11(14)15-19-10/h3-4,7H,2,5-6H2,1H3,(H2,14,15). The summed E-state index contributed by atoms with van der Waals surface area (Å²) in [5, 5.41) is 3.69. The van der Waals surface area contributed by atoms with Crippen LogP contribution in [0.3, 0.4) is 0 Å². The van der Waals surface area contributed by atoms with Crippen LogP contribution in [-0.4, -0.2) is 25.5 Å². The summed E-state index contributed by atoms with van der Waals surface area (Å²) in [6, 6.07) is 5.26. The minimum atomic E-state index is 0.309. The molecule has 19 heavy (non-hydrogen) atoms. The van der Waals surface area contributed by atoms with Crippen LogP contribution in [-0.2, 0) is 0 Å². The highest BCUT2D eigenvalue weighted by Gasteiger charge is 2.23. The smallest absolute Gasteiger partial charge is 0.176 e. The third kappa shape index (κ3) is 2.05. The Bertz CT molecular complexity index is 594. The second-order valence-corrected chi connectivity index (χ2v) is 4.14. The quantitative estimate of drug-likeness (QED) is 0.892. The minimum Gasteiger partial charge on any atom is -0.496 e. The number of rotatable bonds is 2. The Hall–Kier alpha value is -2.37. The van der Waals surface area contributed by atoms with Crippen molar-refractivity contribution in [3.8, 4) is 28.6 Å². The van der Waals surface area contributed by atoms with Crippen molar-refractivity contribution in [3.05, 3.63) is 18.2 Å². The molecule has 6 heteroatoms. The van der Waals surface area contributed by atoms with Gasteiger partial charge in [-0.2, -0.15) is 0 Å². The van der Waals surface area contributed by atoms with Crippen LogP contribution in [0.1, 0.15) is 6.42 Å². The highest BCUT2D eigenvalue weighted by molar-refractivity contribution is 5.77. The average Bonchev–Trinajstić information content (AvgIpc) is 2.71. The number of anilines is 1. The molecule has 0 saturated heterocycles. The zero-order chi connectivity index (χ0) is 13.2. The number of aromatic nitrogens is 1. The summed E-state index contributed by atoms with van der Waals surface area (Å²) in [5.74, 6) is 2.71. The minimum absolute atomic E-state index is 0.309. The normalized spacial score (nSPS) is 13.9. The predicted molar refractivity (Wildman–Crippen MR) is 68.5 cm³/mol. The van der Waals surface area contributed by atoms with Gasteiger partial charge in [0.15, 0.2) is 23.1 Å². The van der Waals surface area contributed by atoms with E-state index in [1.165, 1.54) is 0 Å². The Labute approximate surface area is 110 Å². The fourth-order valence-corrected chi connectivity index (χ4v) is 2.03. The van der Waals surface area contributed by atoms with Crippen LogP contribution in [0.2, 0.25) is 0 Å². The second-order valence-electron chi connectivity index (χ2n) is 4.14. The van der Waals surface area contributed by atoms with Crippen LogP contribution in [0.25, 0.3) is 11.3 Å². The first-order chi connectivity index (χ1) is 9.29. The van der Waals surface area contributed by atoms with Gasteiger partial charge in [-0.25, -0.2) is 0 Å². The van der Waals surface area contributed by atoms with E-state index < -0.39 is 0 Å². The average molecular weight is 262 g/mol. The van der Waals surface area contributed by atoms with Gasteiger partial charge in [-0.05, 0) is 12.1 Å². The molecule has 0 spiro atoms. The monoisotopic (exact) mass is 262 g/mol. The highest BCUT2D eigenvalue weighted by atomic mass is 16.5. The van der Waals surface area contributed by atoms with E-state index in [1.54, 1.807) is 13.2 Å². The lowest BCUT2D eigenvalue weighted by Gasteiger charge is -2.13. The molecule has 2 aromatic rings. The van der Waals surface area contributed by atoms with E-state index in [1.807, 2.05) is 12.1 Å². The number of fused-ring (bicyclic) bond motifs is 1. The zero-order valence-electron chi connectivity index (χ0n) is 10.5. The van der Waals surface area contributed by atoms with Gasteiger partial charge >= 0.3 is 0 Å². The molecule has 1 aromatic heterocycles. The Morgan fingerprint density at radius 3 is 2.84 bits per heavy atom. The lowest BCUT2D eigenvalue weighted by Crippen LogP contribution is -1.98. The Morgan fingerprint density at radius 2 is 2.11 bits per heavy atom. The summed E-state index contributed by atoms with van der Waals surface area (Å²) < 4.78 is 22.0. The van der Waals surface area contributed by atoms with Crippen LogP contribution in [0.5, 0.6) is 17.2 Å². The van der Waals surface area contributed by atoms with Gasteiger partial charge in [-0.15, -0.1) is 0 Å². The summed E-state index contributed by atoms with van der Waals surface area (Å²) >= 11 is 0. The van der Waals surface area contributed by atoms with E-state index in [4.69, 9.17) is 24.5 Å². The molecular weight excluding hydrogens is 248 g/mol. The van der Waals surface area contributed by atoms with Gasteiger partial charge in [0.1, 0.15) is 11.3 Å². The third-order valence-electron chi connectivity index (χ3n) is 2.87. The molecule has 100 valence electrons. The van der Waals surface area contributed by atoms with E-state index in [-0.39, 0.29) is 0 Å². The maximum atomic E-state index is 5.75. The summed E-state index contributed by atoms with van der Waals surface area (Å²) in [7, 11) is 1.59. The molecule has 0 unspecified atom stereocenters. The molecule has 0 aliphatic carbocycles. The van der Waals surface area contributed by atoms with E-state index in [0.717, 1.165) is 6.42 Å². The van der Waals surface area contributed by atoms with Gasteiger partial charge in [-0.3, -0.25) is 0 Å². The Morgan fingerprint density at radius 1 is 1.26 bits per heavy atom. The van der Waals surface area contributed by atoms with Gasteiger partial charge in [0.2, 0.25) is 0 Å². The van der Waals surface area contributed by atoms with Crippen molar-refractivity contribution in [2.45, 2.75) is 6.42 Å². The first-order valence-corrected chi connectivity index (χ1v) is 5.98. The zero-order valence-corrected chi connectivity index (χ0v) is 10.5. The topological polar surface area (TPSA) is 79.7 Å². The molecule has 2 N–H and O–H groups in total. The number of hydrogen-bond donors (Lipinski definition) is 1. The molecule has 2 heterocycles. The summed E-state index contributed by atoms with van der Waals surface area (Å²) in [4.78, 5) is 0.